The number of carbonyl (C=O) groups is 2. The van der Waals surface area contributed by atoms with Crippen LogP contribution in [-0.2, 0) is 32.7 Å². The minimum Gasteiger partial charge on any atom is -0.462 e. The molecule has 0 aliphatic carbocycles. The van der Waals surface area contributed by atoms with Gasteiger partial charge in [-0.2, -0.15) is 0 Å². The lowest BCUT2D eigenvalue weighted by atomic mass is 10.0. The van der Waals surface area contributed by atoms with Crippen LogP contribution >= 0.6 is 7.82 Å². The third-order valence-corrected chi connectivity index (χ3v) is 9.95. The summed E-state index contributed by atoms with van der Waals surface area (Å²) in [5, 5.41) is 10.3. The number of phosphoric acid groups is 1. The third-order valence-electron chi connectivity index (χ3n) is 8.97. The second-order valence-electron chi connectivity index (χ2n) is 15.6. The number of allylic oxidation sites excluding steroid dienone is 7. The molecule has 11 heteroatoms. The molecule has 10 nitrogen and oxygen atoms in total. The summed E-state index contributed by atoms with van der Waals surface area (Å²) < 4.78 is 34.1. The highest BCUT2D eigenvalue weighted by Crippen LogP contribution is 2.43. The Morgan fingerprint density at radius 1 is 0.655 bits per heavy atom. The van der Waals surface area contributed by atoms with Gasteiger partial charge in [0.05, 0.1) is 33.9 Å². The predicted octanol–water partition coefficient (Wildman–Crippen LogP) is 10.9. The number of phosphoric ester groups is 1. The first-order valence-corrected chi connectivity index (χ1v) is 23.0. The summed E-state index contributed by atoms with van der Waals surface area (Å²) in [6, 6.07) is 0. The summed E-state index contributed by atoms with van der Waals surface area (Å²) >= 11 is 0. The first-order valence-electron chi connectivity index (χ1n) is 21.5. The Morgan fingerprint density at radius 3 is 1.82 bits per heavy atom. The van der Waals surface area contributed by atoms with Crippen LogP contribution in [-0.4, -0.2) is 86.1 Å². The van der Waals surface area contributed by atoms with Crippen LogP contribution in [0.4, 0.5) is 0 Å². The van der Waals surface area contributed by atoms with Gasteiger partial charge in [-0.05, 0) is 44.9 Å². The van der Waals surface area contributed by atoms with Crippen molar-refractivity contribution in [2.75, 3.05) is 47.5 Å². The fourth-order valence-electron chi connectivity index (χ4n) is 5.53. The van der Waals surface area contributed by atoms with E-state index in [4.69, 9.17) is 18.5 Å². The minimum absolute atomic E-state index is 0.00339. The zero-order chi connectivity index (χ0) is 40.9. The molecule has 0 aromatic rings. The van der Waals surface area contributed by atoms with E-state index in [0.29, 0.717) is 30.3 Å². The number of likely N-dealkylation sites (N-methyl/N-ethyl adjacent to an activating group) is 1. The normalized spacial score (nSPS) is 14.7. The summed E-state index contributed by atoms with van der Waals surface area (Å²) in [5.41, 5.74) is 0. The first kappa shape index (κ1) is 52.9. The number of quaternary nitrogens is 1. The molecule has 55 heavy (non-hydrogen) atoms. The van der Waals surface area contributed by atoms with Crippen molar-refractivity contribution in [3.05, 3.63) is 48.6 Å². The number of nitrogens with zero attached hydrogens (tertiary/aromatic N) is 1. The standard InChI is InChI=1S/C44H80NO9P/c1-6-8-10-12-14-16-18-20-22-24-26-28-30-33-41(46)34-32-36-44(48)54-42(40-53-55(49,50)52-38-37-45(3,4)5)39-51-43(47)35-31-29-27-25-23-21-19-17-15-13-11-9-7-2/h14,16,20,22,26,28,30,33,41-42,46H,6-13,15,17-19,21,23-25,27,29,31-32,34-40H2,1-5H3/p+1/b16-14+,22-20+,28-26+,33-30-/t41-,42-/m1/s1. The average Bonchev–Trinajstić information content (AvgIpc) is 3.12. The molecule has 0 saturated carbocycles. The van der Waals surface area contributed by atoms with Crippen molar-refractivity contribution < 1.29 is 47.2 Å². The number of carbonyl (C=O) groups excluding carboxylic acids is 2. The van der Waals surface area contributed by atoms with Crippen molar-refractivity contribution in [3.63, 3.8) is 0 Å². The van der Waals surface area contributed by atoms with Crippen LogP contribution in [0.3, 0.4) is 0 Å². The van der Waals surface area contributed by atoms with Crippen LogP contribution in [0.5, 0.6) is 0 Å². The van der Waals surface area contributed by atoms with Crippen LogP contribution < -0.4 is 0 Å². The van der Waals surface area contributed by atoms with Crippen molar-refractivity contribution in [3.8, 4) is 0 Å². The van der Waals surface area contributed by atoms with E-state index < -0.39 is 38.6 Å². The lowest BCUT2D eigenvalue weighted by Crippen LogP contribution is -2.37. The molecule has 0 aliphatic heterocycles. The Kier molecular flexibility index (Phi) is 34.9. The number of esters is 2. The number of unbranched alkanes of at least 4 members (excludes halogenated alkanes) is 15. The van der Waals surface area contributed by atoms with Gasteiger partial charge in [0.2, 0.25) is 0 Å². The molecule has 0 rings (SSSR count). The Labute approximate surface area is 336 Å². The Hall–Kier alpha value is -2.07. The van der Waals surface area contributed by atoms with E-state index in [1.165, 1.54) is 77.0 Å². The Bertz CT molecular complexity index is 1100. The maximum absolute atomic E-state index is 12.7. The molecule has 0 heterocycles. The topological polar surface area (TPSA) is 129 Å². The quantitative estimate of drug-likeness (QED) is 0.0157. The lowest BCUT2D eigenvalue weighted by molar-refractivity contribution is -0.870. The van der Waals surface area contributed by atoms with Crippen LogP contribution in [0, 0.1) is 0 Å². The SMILES string of the molecule is CCCCC/C=C/C/C=C/C/C=C/C=C\[C@@H](O)CCCC(=O)O[C@H](COC(=O)CCCCCCCCCCCCCCC)COP(=O)(O)OCC[N+](C)(C)C. The molecule has 2 N–H and O–H groups in total. The van der Waals surface area contributed by atoms with Crippen LogP contribution in [0.15, 0.2) is 48.6 Å². The number of aliphatic hydroxyl groups excluding tert-OH is 1. The number of hydrogen-bond acceptors (Lipinski definition) is 8. The van der Waals surface area contributed by atoms with Crippen molar-refractivity contribution in [1.82, 2.24) is 0 Å². The fourth-order valence-corrected chi connectivity index (χ4v) is 6.27. The van der Waals surface area contributed by atoms with E-state index in [0.717, 1.165) is 38.5 Å². The van der Waals surface area contributed by atoms with Gasteiger partial charge in [0.1, 0.15) is 19.8 Å². The molecular formula is C44H81NO9P+. The van der Waals surface area contributed by atoms with Gasteiger partial charge >= 0.3 is 19.8 Å². The first-order chi connectivity index (χ1) is 26.4. The summed E-state index contributed by atoms with van der Waals surface area (Å²) in [6.07, 6.45) is 37.6. The van der Waals surface area contributed by atoms with Gasteiger partial charge < -0.3 is 24.0 Å². The van der Waals surface area contributed by atoms with Gasteiger partial charge in [-0.15, -0.1) is 0 Å². The smallest absolute Gasteiger partial charge is 0.462 e. The fraction of sp³-hybridized carbons (Fsp3) is 0.773. The molecule has 320 valence electrons. The summed E-state index contributed by atoms with van der Waals surface area (Å²) in [5.74, 6) is -1.00. The molecule has 0 amide bonds. The van der Waals surface area contributed by atoms with Crippen LogP contribution in [0.2, 0.25) is 0 Å². The molecule has 0 radical (unpaired) electrons. The van der Waals surface area contributed by atoms with E-state index in [1.807, 2.05) is 33.3 Å². The van der Waals surface area contributed by atoms with Crippen molar-refractivity contribution >= 4 is 19.8 Å². The highest BCUT2D eigenvalue weighted by molar-refractivity contribution is 7.47. The van der Waals surface area contributed by atoms with E-state index in [1.54, 1.807) is 12.2 Å². The molecule has 0 aromatic heterocycles. The van der Waals surface area contributed by atoms with Crippen molar-refractivity contribution in [2.45, 2.75) is 174 Å². The molecule has 0 saturated heterocycles. The maximum Gasteiger partial charge on any atom is 0.472 e. The van der Waals surface area contributed by atoms with Gasteiger partial charge in [0.25, 0.3) is 0 Å². The minimum atomic E-state index is -4.43. The largest absolute Gasteiger partial charge is 0.472 e. The molecule has 0 fully saturated rings. The number of hydrogen-bond donors (Lipinski definition) is 2. The highest BCUT2D eigenvalue weighted by Gasteiger charge is 2.27. The zero-order valence-corrected chi connectivity index (χ0v) is 36.4. The number of rotatable bonds is 38. The number of aliphatic hydroxyl groups is 1. The van der Waals surface area contributed by atoms with Gasteiger partial charge in [0, 0.05) is 12.8 Å². The molecule has 0 aromatic carbocycles. The van der Waals surface area contributed by atoms with Gasteiger partial charge in [-0.1, -0.05) is 152 Å². The van der Waals surface area contributed by atoms with Crippen LogP contribution in [0.1, 0.15) is 162 Å². The predicted molar refractivity (Wildman–Crippen MR) is 226 cm³/mol. The molecule has 3 atom stereocenters. The van der Waals surface area contributed by atoms with Gasteiger partial charge in [-0.25, -0.2) is 4.57 Å². The second kappa shape index (κ2) is 36.3. The van der Waals surface area contributed by atoms with Crippen LogP contribution in [0.25, 0.3) is 0 Å². The van der Waals surface area contributed by atoms with Crippen molar-refractivity contribution in [1.29, 1.82) is 0 Å². The Morgan fingerprint density at radius 2 is 1.20 bits per heavy atom. The van der Waals surface area contributed by atoms with Gasteiger partial charge in [-0.3, -0.25) is 18.6 Å². The monoisotopic (exact) mass is 799 g/mol. The second-order valence-corrected chi connectivity index (χ2v) is 17.0. The van der Waals surface area contributed by atoms with E-state index in [2.05, 4.69) is 38.2 Å². The molecule has 0 bridgehead atoms. The summed E-state index contributed by atoms with van der Waals surface area (Å²) in [6.45, 7) is 4.16. The third kappa shape index (κ3) is 39.9. The molecule has 0 spiro atoms. The summed E-state index contributed by atoms with van der Waals surface area (Å²) in [7, 11) is 1.36. The maximum atomic E-state index is 12.7. The van der Waals surface area contributed by atoms with E-state index >= 15 is 0 Å². The Balaban J connectivity index is 4.59. The van der Waals surface area contributed by atoms with E-state index in [9.17, 15) is 24.2 Å². The van der Waals surface area contributed by atoms with Gasteiger partial charge in [0.15, 0.2) is 6.10 Å². The zero-order valence-electron chi connectivity index (χ0n) is 35.5. The number of ether oxygens (including phenoxy) is 2. The molecular weight excluding hydrogens is 717 g/mol. The average molecular weight is 799 g/mol. The lowest BCUT2D eigenvalue weighted by Gasteiger charge is -2.24. The highest BCUT2D eigenvalue weighted by atomic mass is 31.2. The molecule has 0 aliphatic rings. The molecule has 1 unspecified atom stereocenters. The van der Waals surface area contributed by atoms with E-state index in [-0.39, 0.29) is 26.1 Å². The summed E-state index contributed by atoms with van der Waals surface area (Å²) in [4.78, 5) is 35.3. The van der Waals surface area contributed by atoms with Crippen molar-refractivity contribution in [2.24, 2.45) is 0 Å².